The van der Waals surface area contributed by atoms with Gasteiger partial charge in [0, 0.05) is 0 Å². The number of ether oxygens (including phenoxy) is 1. The average molecular weight is 257 g/mol. The van der Waals surface area contributed by atoms with Gasteiger partial charge in [-0.15, -0.1) is 0 Å². The standard InChI is InChI=1S/C13H16BN3O2/c1-19-13(18)8-4-5-9-10(7-8)16-12(15-9)11-3-2-6-17(11)14/h4-5,7,11H,2-3,6,14H2,1H3,(H,15,16)/t11-/m0/s1. The molecule has 0 saturated carbocycles. The number of hydrogen-bond acceptors (Lipinski definition) is 4. The minimum absolute atomic E-state index is 0.323. The molecule has 1 aliphatic heterocycles. The van der Waals surface area contributed by atoms with E-state index in [1.807, 2.05) is 6.07 Å². The Morgan fingerprint density at radius 1 is 1.58 bits per heavy atom. The molecule has 0 bridgehead atoms. The van der Waals surface area contributed by atoms with E-state index in [0.717, 1.165) is 29.8 Å². The van der Waals surface area contributed by atoms with Crippen LogP contribution in [0.3, 0.4) is 0 Å². The van der Waals surface area contributed by atoms with Crippen LogP contribution in [0.4, 0.5) is 0 Å². The number of benzene rings is 1. The topological polar surface area (TPSA) is 58.2 Å². The summed E-state index contributed by atoms with van der Waals surface area (Å²) in [6.07, 6.45) is 2.33. The van der Waals surface area contributed by atoms with E-state index in [1.54, 1.807) is 12.1 Å². The molecule has 1 atom stereocenters. The first-order chi connectivity index (χ1) is 9.19. The molecule has 2 heterocycles. The molecule has 1 saturated heterocycles. The van der Waals surface area contributed by atoms with E-state index in [9.17, 15) is 4.79 Å². The first kappa shape index (κ1) is 12.2. The Bertz CT molecular complexity index is 625. The minimum atomic E-state index is -0.323. The predicted octanol–water partition coefficient (Wildman–Crippen LogP) is 1.03. The van der Waals surface area contributed by atoms with E-state index in [1.165, 1.54) is 13.5 Å². The second-order valence-electron chi connectivity index (χ2n) is 4.98. The highest BCUT2D eigenvalue weighted by Gasteiger charge is 2.25. The van der Waals surface area contributed by atoms with Crippen molar-refractivity contribution >= 4 is 25.0 Å². The third-order valence-electron chi connectivity index (χ3n) is 3.76. The fourth-order valence-corrected chi connectivity index (χ4v) is 2.69. The number of nitrogens with zero attached hydrogens (tertiary/aromatic N) is 2. The summed E-state index contributed by atoms with van der Waals surface area (Å²) in [6, 6.07) is 5.76. The summed E-state index contributed by atoms with van der Waals surface area (Å²) in [4.78, 5) is 21.8. The number of rotatable bonds is 2. The number of aromatic amines is 1. The molecule has 98 valence electrons. The van der Waals surface area contributed by atoms with Gasteiger partial charge in [-0.1, -0.05) is 0 Å². The minimum Gasteiger partial charge on any atom is -0.465 e. The molecule has 1 N–H and O–H groups in total. The maximum Gasteiger partial charge on any atom is 0.337 e. The van der Waals surface area contributed by atoms with Crippen molar-refractivity contribution < 1.29 is 9.53 Å². The second-order valence-corrected chi connectivity index (χ2v) is 4.98. The van der Waals surface area contributed by atoms with Crippen molar-refractivity contribution in [3.8, 4) is 0 Å². The molecule has 19 heavy (non-hydrogen) atoms. The smallest absolute Gasteiger partial charge is 0.337 e. The molecule has 1 aromatic heterocycles. The van der Waals surface area contributed by atoms with E-state index in [0.29, 0.717) is 11.6 Å². The van der Waals surface area contributed by atoms with E-state index < -0.39 is 0 Å². The van der Waals surface area contributed by atoms with Crippen molar-refractivity contribution in [1.82, 2.24) is 14.8 Å². The Labute approximate surface area is 112 Å². The molecule has 1 aromatic carbocycles. The van der Waals surface area contributed by atoms with Gasteiger partial charge in [-0.2, -0.15) is 0 Å². The lowest BCUT2D eigenvalue weighted by atomic mass is 10.2. The highest BCUT2D eigenvalue weighted by Crippen LogP contribution is 2.29. The maximum atomic E-state index is 11.5. The van der Waals surface area contributed by atoms with Gasteiger partial charge in [0.25, 0.3) is 0 Å². The van der Waals surface area contributed by atoms with E-state index in [4.69, 9.17) is 4.74 Å². The summed E-state index contributed by atoms with van der Waals surface area (Å²) in [6.45, 7) is 1.11. The number of H-pyrrole nitrogens is 1. The van der Waals surface area contributed by atoms with Crippen LogP contribution < -0.4 is 0 Å². The first-order valence-corrected chi connectivity index (χ1v) is 6.47. The van der Waals surface area contributed by atoms with Crippen molar-refractivity contribution in [3.63, 3.8) is 0 Å². The van der Waals surface area contributed by atoms with Gasteiger partial charge in [-0.05, 0) is 37.6 Å². The van der Waals surface area contributed by atoms with E-state index >= 15 is 0 Å². The number of hydrogen-bond donors (Lipinski definition) is 1. The summed E-state index contributed by atoms with van der Waals surface area (Å²) in [7, 11) is 3.50. The fraction of sp³-hybridized carbons (Fsp3) is 0.385. The largest absolute Gasteiger partial charge is 0.465 e. The number of aromatic nitrogens is 2. The zero-order chi connectivity index (χ0) is 13.4. The Balaban J connectivity index is 1.98. The molecular formula is C13H16BN3O2. The Hall–Kier alpha value is -1.82. The van der Waals surface area contributed by atoms with Crippen LogP contribution in [-0.4, -0.2) is 42.4 Å². The van der Waals surface area contributed by atoms with Gasteiger partial charge in [-0.25, -0.2) is 9.78 Å². The molecule has 1 aliphatic rings. The van der Waals surface area contributed by atoms with Crippen LogP contribution in [0.1, 0.15) is 35.1 Å². The zero-order valence-electron chi connectivity index (χ0n) is 11.1. The number of carbonyl (C=O) groups is 1. The van der Waals surface area contributed by atoms with Crippen molar-refractivity contribution in [3.05, 3.63) is 29.6 Å². The molecule has 6 heteroatoms. The SMILES string of the molecule is BN1CCC[C@H]1c1nc2ccc(C(=O)OC)cc2[nH]1. The van der Waals surface area contributed by atoms with Crippen molar-refractivity contribution in [2.45, 2.75) is 18.9 Å². The average Bonchev–Trinajstić information content (AvgIpc) is 3.02. The molecular weight excluding hydrogens is 241 g/mol. The van der Waals surface area contributed by atoms with Crippen LogP contribution in [0.5, 0.6) is 0 Å². The van der Waals surface area contributed by atoms with Gasteiger partial charge < -0.3 is 14.5 Å². The van der Waals surface area contributed by atoms with Crippen LogP contribution in [0.25, 0.3) is 11.0 Å². The molecule has 0 radical (unpaired) electrons. The monoisotopic (exact) mass is 257 g/mol. The Morgan fingerprint density at radius 2 is 2.42 bits per heavy atom. The lowest BCUT2D eigenvalue weighted by molar-refractivity contribution is 0.0601. The molecule has 0 aliphatic carbocycles. The molecule has 0 spiro atoms. The molecule has 1 fully saturated rings. The van der Waals surface area contributed by atoms with Crippen LogP contribution in [0.15, 0.2) is 18.2 Å². The van der Waals surface area contributed by atoms with Gasteiger partial charge in [0.2, 0.25) is 0 Å². The Kier molecular flexibility index (Phi) is 3.02. The number of esters is 1. The van der Waals surface area contributed by atoms with Crippen molar-refractivity contribution in [2.75, 3.05) is 13.7 Å². The molecule has 0 amide bonds. The second kappa shape index (κ2) is 4.70. The van der Waals surface area contributed by atoms with Gasteiger partial charge in [0.15, 0.2) is 7.98 Å². The lowest BCUT2D eigenvalue weighted by Gasteiger charge is -2.16. The molecule has 3 rings (SSSR count). The van der Waals surface area contributed by atoms with Crippen LogP contribution >= 0.6 is 0 Å². The third kappa shape index (κ3) is 2.12. The number of carbonyl (C=O) groups excluding carboxylic acids is 1. The Morgan fingerprint density at radius 3 is 3.11 bits per heavy atom. The quantitative estimate of drug-likeness (QED) is 0.645. The van der Waals surface area contributed by atoms with Gasteiger partial charge >= 0.3 is 5.97 Å². The summed E-state index contributed by atoms with van der Waals surface area (Å²) in [5.41, 5.74) is 2.33. The summed E-state index contributed by atoms with van der Waals surface area (Å²) < 4.78 is 4.73. The van der Waals surface area contributed by atoms with Crippen LogP contribution in [-0.2, 0) is 4.74 Å². The maximum absolute atomic E-state index is 11.5. The molecule has 0 unspecified atom stereocenters. The van der Waals surface area contributed by atoms with Crippen molar-refractivity contribution in [2.24, 2.45) is 0 Å². The predicted molar refractivity (Wildman–Crippen MR) is 74.7 cm³/mol. The van der Waals surface area contributed by atoms with Gasteiger partial charge in [-0.3, -0.25) is 0 Å². The molecule has 5 nitrogen and oxygen atoms in total. The zero-order valence-corrected chi connectivity index (χ0v) is 11.1. The molecule has 2 aromatic rings. The van der Waals surface area contributed by atoms with Crippen LogP contribution in [0.2, 0.25) is 0 Å². The van der Waals surface area contributed by atoms with E-state index in [2.05, 4.69) is 22.8 Å². The van der Waals surface area contributed by atoms with Gasteiger partial charge in [0.05, 0.1) is 29.7 Å². The summed E-state index contributed by atoms with van der Waals surface area (Å²) >= 11 is 0. The third-order valence-corrected chi connectivity index (χ3v) is 3.76. The number of imidazole rings is 1. The highest BCUT2D eigenvalue weighted by atomic mass is 16.5. The fourth-order valence-electron chi connectivity index (χ4n) is 2.69. The number of methoxy groups -OCH3 is 1. The first-order valence-electron chi connectivity index (χ1n) is 6.47. The lowest BCUT2D eigenvalue weighted by Crippen LogP contribution is -2.20. The highest BCUT2D eigenvalue weighted by molar-refractivity contribution is 6.04. The van der Waals surface area contributed by atoms with Crippen LogP contribution in [0, 0.1) is 0 Å². The van der Waals surface area contributed by atoms with E-state index in [-0.39, 0.29) is 5.97 Å². The van der Waals surface area contributed by atoms with Gasteiger partial charge in [0.1, 0.15) is 5.82 Å². The number of nitrogens with one attached hydrogen (secondary N) is 1. The van der Waals surface area contributed by atoms with Crippen molar-refractivity contribution in [1.29, 1.82) is 0 Å². The normalized spacial score (nSPS) is 19.9. The number of fused-ring (bicyclic) bond motifs is 1. The summed E-state index contributed by atoms with van der Waals surface area (Å²) in [5, 5.41) is 0. The summed E-state index contributed by atoms with van der Waals surface area (Å²) in [5.74, 6) is 0.660.